The van der Waals surface area contributed by atoms with E-state index in [-0.39, 0.29) is 5.91 Å². The predicted molar refractivity (Wildman–Crippen MR) is 110 cm³/mol. The smallest absolute Gasteiger partial charge is 0.219 e. The SMILES string of the molecule is CC(=O)N1CCN(Cc2cccc(OC[C@H](O)CN3CCCCCC3)c2)CC1. The van der Waals surface area contributed by atoms with E-state index < -0.39 is 6.10 Å². The van der Waals surface area contributed by atoms with Gasteiger partial charge in [0.1, 0.15) is 18.5 Å². The molecule has 0 radical (unpaired) electrons. The third kappa shape index (κ3) is 6.76. The van der Waals surface area contributed by atoms with Crippen molar-refractivity contribution >= 4 is 5.91 Å². The number of hydrogen-bond acceptors (Lipinski definition) is 5. The van der Waals surface area contributed by atoms with E-state index >= 15 is 0 Å². The molecule has 6 heteroatoms. The van der Waals surface area contributed by atoms with Crippen molar-refractivity contribution in [3.05, 3.63) is 29.8 Å². The molecule has 1 aromatic rings. The molecule has 28 heavy (non-hydrogen) atoms. The first-order chi connectivity index (χ1) is 13.6. The van der Waals surface area contributed by atoms with Crippen molar-refractivity contribution in [2.75, 3.05) is 52.4 Å². The molecule has 0 saturated carbocycles. The number of likely N-dealkylation sites (tertiary alicyclic amines) is 1. The standard InChI is InChI=1S/C22H35N3O3/c1-19(26)25-13-11-24(12-14-25)16-20-7-6-8-22(15-20)28-18-21(27)17-23-9-4-2-3-5-10-23/h6-8,15,21,27H,2-5,9-14,16-18H2,1H3/t21-/m1/s1. The van der Waals surface area contributed by atoms with Gasteiger partial charge in [-0.25, -0.2) is 0 Å². The summed E-state index contributed by atoms with van der Waals surface area (Å²) in [6, 6.07) is 8.14. The summed E-state index contributed by atoms with van der Waals surface area (Å²) < 4.78 is 5.87. The summed E-state index contributed by atoms with van der Waals surface area (Å²) in [7, 11) is 0. The molecule has 1 aromatic carbocycles. The molecule has 2 aliphatic heterocycles. The van der Waals surface area contributed by atoms with Crippen molar-refractivity contribution in [3.8, 4) is 5.75 Å². The van der Waals surface area contributed by atoms with Gasteiger partial charge < -0.3 is 19.6 Å². The first kappa shape index (κ1) is 21.1. The van der Waals surface area contributed by atoms with Crippen LogP contribution in [0.5, 0.6) is 5.75 Å². The fourth-order valence-electron chi connectivity index (χ4n) is 4.07. The number of β-amino-alcohol motifs (C(OH)–C–C–N with tert-alkyl or cyclic N) is 1. The van der Waals surface area contributed by atoms with Gasteiger partial charge in [0, 0.05) is 46.2 Å². The number of carbonyl (C=O) groups excluding carboxylic acids is 1. The van der Waals surface area contributed by atoms with Crippen LogP contribution >= 0.6 is 0 Å². The second-order valence-corrected chi connectivity index (χ2v) is 8.11. The van der Waals surface area contributed by atoms with E-state index in [1.807, 2.05) is 17.0 Å². The van der Waals surface area contributed by atoms with Crippen molar-refractivity contribution in [3.63, 3.8) is 0 Å². The summed E-state index contributed by atoms with van der Waals surface area (Å²) in [6.07, 6.45) is 4.62. The number of nitrogens with zero attached hydrogens (tertiary/aromatic N) is 3. The lowest BCUT2D eigenvalue weighted by atomic mass is 10.2. The van der Waals surface area contributed by atoms with Crippen LogP contribution < -0.4 is 4.74 Å². The topological polar surface area (TPSA) is 56.3 Å². The summed E-state index contributed by atoms with van der Waals surface area (Å²) in [5, 5.41) is 10.3. The molecule has 1 atom stereocenters. The van der Waals surface area contributed by atoms with E-state index in [4.69, 9.17) is 4.74 Å². The molecule has 1 amide bonds. The maximum Gasteiger partial charge on any atom is 0.219 e. The number of carbonyl (C=O) groups is 1. The Bertz CT molecular complexity index is 609. The van der Waals surface area contributed by atoms with E-state index in [9.17, 15) is 9.90 Å². The molecule has 0 spiro atoms. The zero-order valence-electron chi connectivity index (χ0n) is 17.2. The molecule has 1 N–H and O–H groups in total. The number of benzene rings is 1. The van der Waals surface area contributed by atoms with Gasteiger partial charge in [0.05, 0.1) is 0 Å². The largest absolute Gasteiger partial charge is 0.491 e. The van der Waals surface area contributed by atoms with Crippen LogP contribution in [0.3, 0.4) is 0 Å². The minimum atomic E-state index is -0.457. The first-order valence-electron chi connectivity index (χ1n) is 10.7. The number of aliphatic hydroxyl groups excluding tert-OH is 1. The van der Waals surface area contributed by atoms with Gasteiger partial charge in [-0.2, -0.15) is 0 Å². The van der Waals surface area contributed by atoms with Gasteiger partial charge in [0.2, 0.25) is 5.91 Å². The first-order valence-corrected chi connectivity index (χ1v) is 10.7. The van der Waals surface area contributed by atoms with Gasteiger partial charge in [-0.1, -0.05) is 25.0 Å². The minimum Gasteiger partial charge on any atom is -0.491 e. The molecular formula is C22H35N3O3. The zero-order chi connectivity index (χ0) is 19.8. The molecule has 2 fully saturated rings. The van der Waals surface area contributed by atoms with Gasteiger partial charge in [-0.3, -0.25) is 9.69 Å². The molecule has 0 aromatic heterocycles. The molecule has 0 unspecified atom stereocenters. The Balaban J connectivity index is 1.42. The molecule has 0 aliphatic carbocycles. The highest BCUT2D eigenvalue weighted by Crippen LogP contribution is 2.17. The maximum atomic E-state index is 11.4. The van der Waals surface area contributed by atoms with E-state index in [1.165, 1.54) is 31.2 Å². The highest BCUT2D eigenvalue weighted by molar-refractivity contribution is 5.73. The Kier molecular flexibility index (Phi) is 8.13. The van der Waals surface area contributed by atoms with Crippen molar-refractivity contribution in [2.24, 2.45) is 0 Å². The second kappa shape index (κ2) is 10.8. The second-order valence-electron chi connectivity index (χ2n) is 8.11. The Morgan fingerprint density at radius 2 is 1.75 bits per heavy atom. The minimum absolute atomic E-state index is 0.161. The zero-order valence-corrected chi connectivity index (χ0v) is 17.2. The van der Waals surface area contributed by atoms with Crippen LogP contribution in [0.2, 0.25) is 0 Å². The maximum absolute atomic E-state index is 11.4. The van der Waals surface area contributed by atoms with Gasteiger partial charge in [0.25, 0.3) is 0 Å². The lowest BCUT2D eigenvalue weighted by Crippen LogP contribution is -2.47. The van der Waals surface area contributed by atoms with Crippen LogP contribution in [0.25, 0.3) is 0 Å². The van der Waals surface area contributed by atoms with Crippen molar-refractivity contribution in [2.45, 2.75) is 45.3 Å². The average molecular weight is 390 g/mol. The van der Waals surface area contributed by atoms with Gasteiger partial charge in [-0.05, 0) is 43.6 Å². The average Bonchev–Trinajstić information content (AvgIpc) is 2.96. The Morgan fingerprint density at radius 1 is 1.04 bits per heavy atom. The summed E-state index contributed by atoms with van der Waals surface area (Å²) in [5.74, 6) is 0.976. The molecule has 156 valence electrons. The van der Waals surface area contributed by atoms with Crippen LogP contribution in [0, 0.1) is 0 Å². The van der Waals surface area contributed by atoms with E-state index in [0.717, 1.165) is 51.6 Å². The van der Waals surface area contributed by atoms with Gasteiger partial charge >= 0.3 is 0 Å². The number of amides is 1. The quantitative estimate of drug-likeness (QED) is 0.773. The van der Waals surface area contributed by atoms with Crippen LogP contribution in [0.4, 0.5) is 0 Å². The third-order valence-corrected chi connectivity index (χ3v) is 5.73. The molecule has 3 rings (SSSR count). The molecule has 2 heterocycles. The number of ether oxygens (including phenoxy) is 1. The normalized spacial score (nSPS) is 20.6. The Hall–Kier alpha value is -1.63. The van der Waals surface area contributed by atoms with Crippen LogP contribution in [-0.2, 0) is 11.3 Å². The Labute approximate surface area is 169 Å². The van der Waals surface area contributed by atoms with Crippen LogP contribution in [-0.4, -0.2) is 84.2 Å². The molecule has 2 saturated heterocycles. The molecular weight excluding hydrogens is 354 g/mol. The van der Waals surface area contributed by atoms with Crippen LogP contribution in [0.15, 0.2) is 24.3 Å². The fraction of sp³-hybridized carbons (Fsp3) is 0.682. The highest BCUT2D eigenvalue weighted by atomic mass is 16.5. The summed E-state index contributed by atoms with van der Waals surface area (Å²) >= 11 is 0. The third-order valence-electron chi connectivity index (χ3n) is 5.73. The summed E-state index contributed by atoms with van der Waals surface area (Å²) in [5.41, 5.74) is 1.20. The number of piperazine rings is 1. The number of rotatable bonds is 7. The lowest BCUT2D eigenvalue weighted by Gasteiger charge is -2.34. The van der Waals surface area contributed by atoms with Crippen molar-refractivity contribution in [1.82, 2.24) is 14.7 Å². The van der Waals surface area contributed by atoms with Crippen LogP contribution in [0.1, 0.15) is 38.2 Å². The van der Waals surface area contributed by atoms with Gasteiger partial charge in [0.15, 0.2) is 0 Å². The predicted octanol–water partition coefficient (Wildman–Crippen LogP) is 1.97. The molecule has 2 aliphatic rings. The monoisotopic (exact) mass is 389 g/mol. The molecule has 6 nitrogen and oxygen atoms in total. The lowest BCUT2D eigenvalue weighted by molar-refractivity contribution is -0.130. The highest BCUT2D eigenvalue weighted by Gasteiger charge is 2.19. The van der Waals surface area contributed by atoms with Crippen molar-refractivity contribution < 1.29 is 14.6 Å². The summed E-state index contributed by atoms with van der Waals surface area (Å²) in [4.78, 5) is 18.1. The number of aliphatic hydroxyl groups is 1. The van der Waals surface area contributed by atoms with E-state index in [2.05, 4.69) is 21.9 Å². The fourth-order valence-corrected chi connectivity index (χ4v) is 4.07. The Morgan fingerprint density at radius 3 is 2.43 bits per heavy atom. The van der Waals surface area contributed by atoms with Gasteiger partial charge in [-0.15, -0.1) is 0 Å². The van der Waals surface area contributed by atoms with Crippen molar-refractivity contribution in [1.29, 1.82) is 0 Å². The summed E-state index contributed by atoms with van der Waals surface area (Å²) in [6.45, 7) is 9.10. The van der Waals surface area contributed by atoms with E-state index in [0.29, 0.717) is 13.2 Å². The molecule has 0 bridgehead atoms. The number of hydrogen-bond donors (Lipinski definition) is 1. The van der Waals surface area contributed by atoms with E-state index in [1.54, 1.807) is 6.92 Å².